The molecule has 9 heteroatoms. The summed E-state index contributed by atoms with van der Waals surface area (Å²) in [6.45, 7) is 2.14. The Labute approximate surface area is 251 Å². The van der Waals surface area contributed by atoms with Crippen LogP contribution in [-0.2, 0) is 6.54 Å². The minimum atomic E-state index is -0.266. The van der Waals surface area contributed by atoms with Crippen LogP contribution in [0.3, 0.4) is 0 Å². The molecule has 6 rings (SSSR count). The highest BCUT2D eigenvalue weighted by molar-refractivity contribution is 9.10. The molecule has 2 N–H and O–H groups in total. The number of para-hydroxylation sites is 1. The highest BCUT2D eigenvalue weighted by Gasteiger charge is 2.35. The Balaban J connectivity index is 1.34. The molecule has 1 fully saturated rings. The molecule has 2 unspecified atom stereocenters. The number of piperidine rings is 1. The normalized spacial score (nSPS) is 17.5. The molecule has 1 saturated heterocycles. The van der Waals surface area contributed by atoms with Crippen LogP contribution >= 0.6 is 27.7 Å². The van der Waals surface area contributed by atoms with E-state index in [1.165, 1.54) is 0 Å². The van der Waals surface area contributed by atoms with Gasteiger partial charge in [-0.2, -0.15) is 0 Å². The van der Waals surface area contributed by atoms with Crippen LogP contribution < -0.4 is 21.1 Å². The number of benzene rings is 3. The second-order valence-electron chi connectivity index (χ2n) is 10.4. The molecule has 2 aliphatic heterocycles. The van der Waals surface area contributed by atoms with E-state index in [9.17, 15) is 14.4 Å². The summed E-state index contributed by atoms with van der Waals surface area (Å²) in [5.41, 5.74) is 4.22. The summed E-state index contributed by atoms with van der Waals surface area (Å²) in [7, 11) is 0. The van der Waals surface area contributed by atoms with E-state index in [1.807, 2.05) is 77.6 Å². The molecule has 0 saturated carbocycles. The third-order valence-corrected chi connectivity index (χ3v) is 9.29. The Morgan fingerprint density at radius 2 is 1.63 bits per heavy atom. The fourth-order valence-electron chi connectivity index (χ4n) is 5.92. The number of hydrogen-bond acceptors (Lipinski definition) is 5. The first-order valence-corrected chi connectivity index (χ1v) is 15.5. The number of anilines is 3. The number of rotatable bonds is 6. The number of hydrogen-bond donors (Lipinski definition) is 2. The predicted molar refractivity (Wildman–Crippen MR) is 168 cm³/mol. The van der Waals surface area contributed by atoms with Crippen LogP contribution in [0.4, 0.5) is 17.1 Å². The van der Waals surface area contributed by atoms with Crippen LogP contribution in [0.5, 0.6) is 0 Å². The van der Waals surface area contributed by atoms with Crippen LogP contribution in [0.2, 0.25) is 0 Å². The minimum Gasteiger partial charge on any atom is -0.369 e. The maximum absolute atomic E-state index is 13.4. The summed E-state index contributed by atoms with van der Waals surface area (Å²) in [5, 5.41) is 6.11. The van der Waals surface area contributed by atoms with Gasteiger partial charge in [0.1, 0.15) is 0 Å². The van der Waals surface area contributed by atoms with E-state index < -0.39 is 0 Å². The molecule has 2 amide bonds. The van der Waals surface area contributed by atoms with Gasteiger partial charge in [-0.25, -0.2) is 0 Å². The van der Waals surface area contributed by atoms with Crippen molar-refractivity contribution in [2.24, 2.45) is 5.92 Å². The number of pyridine rings is 1. The van der Waals surface area contributed by atoms with E-state index in [1.54, 1.807) is 30.0 Å². The van der Waals surface area contributed by atoms with Crippen molar-refractivity contribution in [1.82, 2.24) is 4.57 Å². The van der Waals surface area contributed by atoms with Crippen molar-refractivity contribution in [2.45, 2.75) is 23.8 Å². The number of nitrogens with one attached hydrogen (secondary N) is 2. The van der Waals surface area contributed by atoms with Gasteiger partial charge in [-0.1, -0.05) is 30.3 Å². The average Bonchev–Trinajstić information content (AvgIpc) is 2.98. The standard InChI is InChI=1S/C32H29BrN4O3S/c1-41-29-11-5-4-9-25(29)34-31(39)21-13-14-28(26(16-21)35-32(40)23-7-2-3-8-24(23)33)36-17-20-15-22(19-36)27-10-6-12-30(38)37(27)18-20/h2-14,16,20,22H,15,17-19H2,1H3,(H,34,39)(H,35,40). The molecule has 208 valence electrons. The third kappa shape index (κ3) is 5.56. The Morgan fingerprint density at radius 1 is 0.854 bits per heavy atom. The quantitative estimate of drug-likeness (QED) is 0.239. The zero-order chi connectivity index (χ0) is 28.5. The Kier molecular flexibility index (Phi) is 7.73. The molecule has 3 aromatic carbocycles. The van der Waals surface area contributed by atoms with Gasteiger partial charge in [0.25, 0.3) is 17.4 Å². The van der Waals surface area contributed by atoms with E-state index in [4.69, 9.17) is 0 Å². The maximum atomic E-state index is 13.4. The number of aromatic nitrogens is 1. The molecular weight excluding hydrogens is 600 g/mol. The van der Waals surface area contributed by atoms with E-state index in [2.05, 4.69) is 31.5 Å². The number of halogens is 1. The number of amides is 2. The second kappa shape index (κ2) is 11.6. The number of carbonyl (C=O) groups excluding carboxylic acids is 2. The van der Waals surface area contributed by atoms with Crippen molar-refractivity contribution in [3.63, 3.8) is 0 Å². The molecular formula is C32H29BrN4O3S. The van der Waals surface area contributed by atoms with E-state index >= 15 is 0 Å². The van der Waals surface area contributed by atoms with Crippen molar-refractivity contribution in [3.05, 3.63) is 117 Å². The SMILES string of the molecule is CSc1ccccc1NC(=O)c1ccc(N2CC3CC(C2)c2cccc(=O)n2C3)c(NC(=O)c2ccccc2Br)c1. The second-order valence-corrected chi connectivity index (χ2v) is 12.1. The zero-order valence-electron chi connectivity index (χ0n) is 22.5. The monoisotopic (exact) mass is 628 g/mol. The zero-order valence-corrected chi connectivity index (χ0v) is 24.9. The number of fused-ring (bicyclic) bond motifs is 4. The first kappa shape index (κ1) is 27.4. The van der Waals surface area contributed by atoms with Crippen LogP contribution in [0, 0.1) is 5.92 Å². The van der Waals surface area contributed by atoms with E-state index in [-0.39, 0.29) is 23.3 Å². The van der Waals surface area contributed by atoms with Crippen LogP contribution in [0.1, 0.15) is 38.7 Å². The fourth-order valence-corrected chi connectivity index (χ4v) is 6.94. The highest BCUT2D eigenvalue weighted by Crippen LogP contribution is 2.39. The van der Waals surface area contributed by atoms with Gasteiger partial charge in [0.05, 0.1) is 22.6 Å². The van der Waals surface area contributed by atoms with Gasteiger partial charge in [0.2, 0.25) is 0 Å². The number of nitrogens with zero attached hydrogens (tertiary/aromatic N) is 2. The topological polar surface area (TPSA) is 83.4 Å². The summed E-state index contributed by atoms with van der Waals surface area (Å²) >= 11 is 5.05. The van der Waals surface area contributed by atoms with E-state index in [0.29, 0.717) is 40.3 Å². The predicted octanol–water partition coefficient (Wildman–Crippen LogP) is 6.46. The molecule has 0 aliphatic carbocycles. The largest absolute Gasteiger partial charge is 0.369 e. The van der Waals surface area contributed by atoms with Gasteiger partial charge >= 0.3 is 0 Å². The van der Waals surface area contributed by atoms with Crippen molar-refractivity contribution < 1.29 is 9.59 Å². The molecule has 0 spiro atoms. The summed E-state index contributed by atoms with van der Waals surface area (Å²) in [5.74, 6) is -0.00944. The highest BCUT2D eigenvalue weighted by atomic mass is 79.9. The van der Waals surface area contributed by atoms with E-state index in [0.717, 1.165) is 34.9 Å². The fraction of sp³-hybridized carbons (Fsp3) is 0.219. The molecule has 1 aromatic heterocycles. The van der Waals surface area contributed by atoms with Gasteiger partial charge in [-0.3, -0.25) is 14.4 Å². The van der Waals surface area contributed by atoms with Gasteiger partial charge < -0.3 is 20.1 Å². The van der Waals surface area contributed by atoms with Gasteiger partial charge in [0, 0.05) is 52.2 Å². The molecule has 3 heterocycles. The molecule has 7 nitrogen and oxygen atoms in total. The molecule has 2 atom stereocenters. The van der Waals surface area contributed by atoms with Crippen molar-refractivity contribution in [3.8, 4) is 0 Å². The van der Waals surface area contributed by atoms with Crippen molar-refractivity contribution in [2.75, 3.05) is 34.9 Å². The van der Waals surface area contributed by atoms with Gasteiger partial charge in [-0.05, 0) is 83.1 Å². The minimum absolute atomic E-state index is 0.0467. The van der Waals surface area contributed by atoms with Crippen LogP contribution in [-0.4, -0.2) is 35.7 Å². The number of carbonyl (C=O) groups is 2. The molecule has 41 heavy (non-hydrogen) atoms. The van der Waals surface area contributed by atoms with Gasteiger partial charge in [0.15, 0.2) is 0 Å². The Bertz CT molecular complexity index is 1700. The Morgan fingerprint density at radius 3 is 2.46 bits per heavy atom. The Hall–Kier alpha value is -3.82. The molecule has 2 bridgehead atoms. The summed E-state index contributed by atoms with van der Waals surface area (Å²) in [6.07, 6.45) is 2.99. The van der Waals surface area contributed by atoms with Gasteiger partial charge in [-0.15, -0.1) is 11.8 Å². The lowest BCUT2D eigenvalue weighted by Crippen LogP contribution is -2.47. The first-order chi connectivity index (χ1) is 19.9. The number of thioether (sulfide) groups is 1. The lowest BCUT2D eigenvalue weighted by molar-refractivity contribution is 0.101. The molecule has 2 aliphatic rings. The molecule has 4 aromatic rings. The van der Waals surface area contributed by atoms with Crippen molar-refractivity contribution >= 4 is 56.6 Å². The third-order valence-electron chi connectivity index (χ3n) is 7.80. The summed E-state index contributed by atoms with van der Waals surface area (Å²) in [4.78, 5) is 42.6. The summed E-state index contributed by atoms with van der Waals surface area (Å²) in [6, 6.07) is 25.9. The lowest BCUT2D eigenvalue weighted by Gasteiger charge is -2.44. The summed E-state index contributed by atoms with van der Waals surface area (Å²) < 4.78 is 2.60. The maximum Gasteiger partial charge on any atom is 0.256 e. The van der Waals surface area contributed by atoms with Crippen molar-refractivity contribution in [1.29, 1.82) is 0 Å². The average molecular weight is 630 g/mol. The smallest absolute Gasteiger partial charge is 0.256 e. The van der Waals surface area contributed by atoms with Crippen LogP contribution in [0.15, 0.2) is 99.1 Å². The molecule has 0 radical (unpaired) electrons. The first-order valence-electron chi connectivity index (χ1n) is 13.5. The lowest BCUT2D eigenvalue weighted by atomic mass is 9.83. The van der Waals surface area contributed by atoms with Crippen LogP contribution in [0.25, 0.3) is 0 Å².